The fourth-order valence-electron chi connectivity index (χ4n) is 6.31. The van der Waals surface area contributed by atoms with Crippen LogP contribution >= 0.6 is 0 Å². The molecule has 1 saturated carbocycles. The number of piperazine rings is 1. The van der Waals surface area contributed by atoms with Crippen LogP contribution in [0.25, 0.3) is 0 Å². The van der Waals surface area contributed by atoms with Crippen LogP contribution in [0.15, 0.2) is 54.6 Å². The van der Waals surface area contributed by atoms with E-state index in [2.05, 4.69) is 0 Å². The van der Waals surface area contributed by atoms with Gasteiger partial charge in [0.25, 0.3) is 5.69 Å². The van der Waals surface area contributed by atoms with Crippen LogP contribution in [-0.4, -0.2) is 42.9 Å². The second-order valence-corrected chi connectivity index (χ2v) is 9.96. The van der Waals surface area contributed by atoms with Crippen molar-refractivity contribution in [1.29, 1.82) is 0 Å². The molecule has 2 aliphatic heterocycles. The summed E-state index contributed by atoms with van der Waals surface area (Å²) in [4.78, 5) is 42.4. The second-order valence-electron chi connectivity index (χ2n) is 9.96. The molecule has 0 unspecified atom stereocenters. The van der Waals surface area contributed by atoms with Crippen LogP contribution in [0.5, 0.6) is 0 Å². The molecule has 4 atom stereocenters. The van der Waals surface area contributed by atoms with Gasteiger partial charge in [-0.3, -0.25) is 19.7 Å². The molecule has 2 amide bonds. The quantitative estimate of drug-likeness (QED) is 0.264. The number of benzene rings is 2. The van der Waals surface area contributed by atoms with Crippen LogP contribution in [0.1, 0.15) is 12.0 Å². The van der Waals surface area contributed by atoms with E-state index in [0.29, 0.717) is 37.6 Å². The van der Waals surface area contributed by atoms with E-state index in [-0.39, 0.29) is 35.0 Å². The highest BCUT2D eigenvalue weighted by Crippen LogP contribution is 2.53. The van der Waals surface area contributed by atoms with E-state index < -0.39 is 28.5 Å². The Hall–Kier alpha value is -3.89. The van der Waals surface area contributed by atoms with Gasteiger partial charge in [0, 0.05) is 37.9 Å². The smallest absolute Gasteiger partial charge is 0.368 e. The molecular formula is C26H23F3N4O4. The fraction of sp³-hybridized carbons (Fsp3) is 0.385. The predicted molar refractivity (Wildman–Crippen MR) is 129 cm³/mol. The molecule has 0 aromatic heterocycles. The second kappa shape index (κ2) is 8.32. The molecule has 0 spiro atoms. The minimum atomic E-state index is -4.44. The number of carbonyl (C=O) groups excluding carboxylic acids is 2. The maximum absolute atomic E-state index is 13.1. The van der Waals surface area contributed by atoms with Gasteiger partial charge in [0.15, 0.2) is 0 Å². The van der Waals surface area contributed by atoms with Crippen LogP contribution in [0, 0.1) is 33.8 Å². The first kappa shape index (κ1) is 23.5. The Morgan fingerprint density at radius 2 is 1.46 bits per heavy atom. The first-order chi connectivity index (χ1) is 17.6. The summed E-state index contributed by atoms with van der Waals surface area (Å²) in [6.45, 7) is 1.47. The van der Waals surface area contributed by atoms with Gasteiger partial charge in [0.05, 0.1) is 28.0 Å². The van der Waals surface area contributed by atoms with Crippen molar-refractivity contribution >= 4 is 34.6 Å². The number of anilines is 3. The lowest BCUT2D eigenvalue weighted by Gasteiger charge is -2.37. The van der Waals surface area contributed by atoms with Crippen LogP contribution in [0.2, 0.25) is 0 Å². The Morgan fingerprint density at radius 1 is 0.838 bits per heavy atom. The Morgan fingerprint density at radius 3 is 2.05 bits per heavy atom. The number of hydrogen-bond donors (Lipinski definition) is 0. The molecule has 6 rings (SSSR count). The van der Waals surface area contributed by atoms with Gasteiger partial charge in [0.1, 0.15) is 5.69 Å². The number of rotatable bonds is 4. The van der Waals surface area contributed by atoms with Gasteiger partial charge in [-0.15, -0.1) is 0 Å². The third-order valence-electron chi connectivity index (χ3n) is 8.04. The summed E-state index contributed by atoms with van der Waals surface area (Å²) >= 11 is 0. The Bertz CT molecular complexity index is 1310. The average molecular weight is 512 g/mol. The Labute approximate surface area is 210 Å². The lowest BCUT2D eigenvalue weighted by molar-refractivity contribution is -0.384. The molecule has 11 heteroatoms. The summed E-state index contributed by atoms with van der Waals surface area (Å²) in [5, 5.41) is 12.0. The van der Waals surface area contributed by atoms with Crippen LogP contribution in [0.4, 0.5) is 35.9 Å². The van der Waals surface area contributed by atoms with Crippen molar-refractivity contribution in [2.45, 2.75) is 12.6 Å². The van der Waals surface area contributed by atoms with Crippen LogP contribution in [0.3, 0.4) is 0 Å². The van der Waals surface area contributed by atoms with Gasteiger partial charge in [-0.05, 0) is 48.6 Å². The summed E-state index contributed by atoms with van der Waals surface area (Å²) in [6.07, 6.45) is 0.343. The number of imide groups is 1. The monoisotopic (exact) mass is 512 g/mol. The summed E-state index contributed by atoms with van der Waals surface area (Å²) < 4.78 is 39.3. The van der Waals surface area contributed by atoms with E-state index >= 15 is 0 Å². The summed E-state index contributed by atoms with van der Waals surface area (Å²) in [5.41, 5.74) is 0.0427. The first-order valence-corrected chi connectivity index (χ1v) is 12.2. The molecule has 0 N–H and O–H groups in total. The SMILES string of the molecule is O=C1[C@H]2[C@H](C(=O)N1c1ccc(N3CCN(c4cccc(C(F)(F)F)c4)CC3)c([N+](=O)[O-])c1)[C@H]1C=C[C@H]2C1. The van der Waals surface area contributed by atoms with Crippen molar-refractivity contribution in [3.63, 3.8) is 0 Å². The van der Waals surface area contributed by atoms with Gasteiger partial charge in [-0.25, -0.2) is 4.90 Å². The highest BCUT2D eigenvalue weighted by molar-refractivity contribution is 6.23. The molecule has 3 fully saturated rings. The third kappa shape index (κ3) is 3.75. The largest absolute Gasteiger partial charge is 0.416 e. The highest BCUT2D eigenvalue weighted by Gasteiger charge is 2.59. The number of hydrogen-bond acceptors (Lipinski definition) is 6. The lowest BCUT2D eigenvalue weighted by Crippen LogP contribution is -2.46. The zero-order valence-electron chi connectivity index (χ0n) is 19.6. The van der Waals surface area contributed by atoms with Gasteiger partial charge in [-0.2, -0.15) is 13.2 Å². The van der Waals surface area contributed by atoms with Crippen LogP contribution < -0.4 is 14.7 Å². The van der Waals surface area contributed by atoms with Gasteiger partial charge >= 0.3 is 6.18 Å². The van der Waals surface area contributed by atoms with Crippen molar-refractivity contribution in [3.8, 4) is 0 Å². The number of halogens is 3. The molecule has 2 aromatic rings. The highest BCUT2D eigenvalue weighted by atomic mass is 19.4. The van der Waals surface area contributed by atoms with Crippen molar-refractivity contribution in [1.82, 2.24) is 0 Å². The maximum atomic E-state index is 13.1. The Kier molecular flexibility index (Phi) is 5.29. The van der Waals surface area contributed by atoms with Gasteiger partial charge in [-0.1, -0.05) is 18.2 Å². The standard InChI is InChI=1S/C26H23F3N4O4/c27-26(28,29)17-2-1-3-18(13-17)30-8-10-31(11-9-30)20-7-6-19(14-21(20)33(36)37)32-24(34)22-15-4-5-16(12-15)23(22)25(32)35/h1-7,13-16,22-23H,8-12H2/t15-,16-,22+,23+/m0/s1. The first-order valence-electron chi connectivity index (χ1n) is 12.2. The molecule has 192 valence electrons. The predicted octanol–water partition coefficient (Wildman–Crippen LogP) is 4.25. The summed E-state index contributed by atoms with van der Waals surface area (Å²) in [5.74, 6) is -1.32. The van der Waals surface area contributed by atoms with E-state index in [1.165, 1.54) is 12.1 Å². The van der Waals surface area contributed by atoms with Crippen molar-refractivity contribution < 1.29 is 27.7 Å². The van der Waals surface area contributed by atoms with Gasteiger partial charge < -0.3 is 9.80 Å². The van der Waals surface area contributed by atoms with Crippen molar-refractivity contribution in [2.75, 3.05) is 40.9 Å². The van der Waals surface area contributed by atoms with E-state index in [9.17, 15) is 32.9 Å². The number of fused-ring (bicyclic) bond motifs is 5. The Balaban J connectivity index is 1.21. The molecule has 2 saturated heterocycles. The normalized spacial score (nSPS) is 26.8. The average Bonchev–Trinajstić information content (AvgIpc) is 3.57. The molecule has 2 bridgehead atoms. The number of alkyl halides is 3. The number of amides is 2. The number of nitro groups is 1. The topological polar surface area (TPSA) is 87.0 Å². The third-order valence-corrected chi connectivity index (χ3v) is 8.04. The number of nitro benzene ring substituents is 1. The molecule has 8 nitrogen and oxygen atoms in total. The van der Waals surface area contributed by atoms with E-state index in [1.807, 2.05) is 17.1 Å². The fourth-order valence-corrected chi connectivity index (χ4v) is 6.31. The van der Waals surface area contributed by atoms with Crippen molar-refractivity contribution in [2.24, 2.45) is 23.7 Å². The minimum absolute atomic E-state index is 0.0406. The molecule has 37 heavy (non-hydrogen) atoms. The molecule has 2 aliphatic carbocycles. The molecule has 2 heterocycles. The minimum Gasteiger partial charge on any atom is -0.368 e. The number of allylic oxidation sites excluding steroid dienone is 2. The molecule has 4 aliphatic rings. The van der Waals surface area contributed by atoms with E-state index in [4.69, 9.17) is 0 Å². The lowest BCUT2D eigenvalue weighted by atomic mass is 9.85. The van der Waals surface area contributed by atoms with Crippen molar-refractivity contribution in [3.05, 3.63) is 70.3 Å². The zero-order valence-corrected chi connectivity index (χ0v) is 19.6. The van der Waals surface area contributed by atoms with Gasteiger partial charge in [0.2, 0.25) is 11.8 Å². The van der Waals surface area contributed by atoms with E-state index in [1.54, 1.807) is 23.1 Å². The maximum Gasteiger partial charge on any atom is 0.416 e. The van der Waals surface area contributed by atoms with E-state index in [0.717, 1.165) is 23.5 Å². The molecule has 2 aromatic carbocycles. The zero-order chi connectivity index (χ0) is 26.1. The molecular weight excluding hydrogens is 489 g/mol. The number of carbonyl (C=O) groups is 2. The molecule has 0 radical (unpaired) electrons. The summed E-state index contributed by atoms with van der Waals surface area (Å²) in [7, 11) is 0. The van der Waals surface area contributed by atoms with Crippen LogP contribution in [-0.2, 0) is 15.8 Å². The number of nitrogens with zero attached hydrogens (tertiary/aromatic N) is 4. The summed E-state index contributed by atoms with van der Waals surface area (Å²) in [6, 6.07) is 9.50.